The summed E-state index contributed by atoms with van der Waals surface area (Å²) in [5.41, 5.74) is 7.00. The molecule has 0 unspecified atom stereocenters. The van der Waals surface area contributed by atoms with E-state index in [-0.39, 0.29) is 0 Å². The molecule has 66 valence electrons. The van der Waals surface area contributed by atoms with Crippen molar-refractivity contribution in [3.63, 3.8) is 0 Å². The van der Waals surface area contributed by atoms with E-state index in [9.17, 15) is 0 Å². The maximum absolute atomic E-state index is 6.01. The van der Waals surface area contributed by atoms with Gasteiger partial charge in [0, 0.05) is 16.1 Å². The van der Waals surface area contributed by atoms with Gasteiger partial charge in [0.1, 0.15) is 0 Å². The zero-order chi connectivity index (χ0) is 9.42. The Balaban J connectivity index is 2.94. The van der Waals surface area contributed by atoms with Crippen molar-refractivity contribution in [2.45, 2.75) is 0 Å². The first-order chi connectivity index (χ1) is 6.20. The molecule has 1 heterocycles. The molecule has 0 spiro atoms. The van der Waals surface area contributed by atoms with Gasteiger partial charge in [-0.3, -0.25) is 4.98 Å². The van der Waals surface area contributed by atoms with Gasteiger partial charge in [-0.05, 0) is 28.1 Å². The van der Waals surface area contributed by atoms with Crippen molar-refractivity contribution in [3.05, 3.63) is 33.9 Å². The number of anilines is 1. The molecule has 2 N–H and O–H groups in total. The average Bonchev–Trinajstić information content (AvgIpc) is 2.15. The van der Waals surface area contributed by atoms with Gasteiger partial charge in [0.15, 0.2) is 0 Å². The predicted octanol–water partition coefficient (Wildman–Crippen LogP) is 3.23. The van der Waals surface area contributed by atoms with E-state index in [1.165, 1.54) is 0 Å². The Kier molecular flexibility index (Phi) is 2.14. The highest BCUT2D eigenvalue weighted by Crippen LogP contribution is 2.33. The van der Waals surface area contributed by atoms with Crippen LogP contribution in [0.15, 0.2) is 28.9 Å². The van der Waals surface area contributed by atoms with Crippen molar-refractivity contribution in [2.24, 2.45) is 0 Å². The number of halogens is 2. The van der Waals surface area contributed by atoms with Crippen LogP contribution in [0.4, 0.5) is 5.69 Å². The maximum Gasteiger partial charge on any atom is 0.0909 e. The largest absolute Gasteiger partial charge is 0.397 e. The summed E-state index contributed by atoms with van der Waals surface area (Å²) in [6.45, 7) is 0. The normalized spacial score (nSPS) is 10.6. The third kappa shape index (κ3) is 1.38. The minimum Gasteiger partial charge on any atom is -0.397 e. The van der Waals surface area contributed by atoms with Crippen LogP contribution in [0.3, 0.4) is 0 Å². The molecule has 2 rings (SSSR count). The molecular formula is C9H6BrClN2. The van der Waals surface area contributed by atoms with Gasteiger partial charge in [0.25, 0.3) is 0 Å². The molecule has 1 aromatic heterocycles. The van der Waals surface area contributed by atoms with E-state index in [0.29, 0.717) is 10.7 Å². The van der Waals surface area contributed by atoms with Crippen LogP contribution in [-0.4, -0.2) is 4.98 Å². The molecule has 4 heteroatoms. The number of hydrogen-bond acceptors (Lipinski definition) is 2. The quantitative estimate of drug-likeness (QED) is 0.736. The third-order valence-corrected chi connectivity index (χ3v) is 2.86. The number of hydrogen-bond donors (Lipinski definition) is 1. The molecule has 0 bridgehead atoms. The highest BCUT2D eigenvalue weighted by atomic mass is 79.9. The Morgan fingerprint density at radius 1 is 1.46 bits per heavy atom. The van der Waals surface area contributed by atoms with Crippen LogP contribution in [-0.2, 0) is 0 Å². The van der Waals surface area contributed by atoms with Gasteiger partial charge in [-0.2, -0.15) is 0 Å². The summed E-state index contributed by atoms with van der Waals surface area (Å²) >= 11 is 9.34. The molecule has 1 aromatic carbocycles. The Hall–Kier alpha value is -0.800. The highest BCUT2D eigenvalue weighted by molar-refractivity contribution is 9.10. The fourth-order valence-corrected chi connectivity index (χ4v) is 1.98. The van der Waals surface area contributed by atoms with Gasteiger partial charge in [0.2, 0.25) is 0 Å². The molecule has 0 aliphatic heterocycles. The van der Waals surface area contributed by atoms with E-state index in [1.54, 1.807) is 6.20 Å². The Bertz CT molecular complexity index is 470. The first kappa shape index (κ1) is 8.78. The zero-order valence-corrected chi connectivity index (χ0v) is 8.93. The molecule has 0 amide bonds. The lowest BCUT2D eigenvalue weighted by atomic mass is 10.2. The lowest BCUT2D eigenvalue weighted by molar-refractivity contribution is 1.41. The molecule has 2 nitrogen and oxygen atoms in total. The number of nitrogens with two attached hydrogens (primary N) is 1. The molecule has 0 saturated heterocycles. The zero-order valence-electron chi connectivity index (χ0n) is 6.59. The second kappa shape index (κ2) is 3.16. The Labute approximate surface area is 88.8 Å². The molecule has 2 aromatic rings. The second-order valence-electron chi connectivity index (χ2n) is 2.66. The van der Waals surface area contributed by atoms with Crippen LogP contribution >= 0.6 is 27.5 Å². The van der Waals surface area contributed by atoms with Crippen molar-refractivity contribution in [1.82, 2.24) is 4.98 Å². The summed E-state index contributed by atoms with van der Waals surface area (Å²) < 4.78 is 0.804. The summed E-state index contributed by atoms with van der Waals surface area (Å²) in [5.74, 6) is 0. The van der Waals surface area contributed by atoms with E-state index in [4.69, 9.17) is 17.3 Å². The van der Waals surface area contributed by atoms with Crippen LogP contribution in [0.2, 0.25) is 5.02 Å². The maximum atomic E-state index is 6.01. The van der Waals surface area contributed by atoms with E-state index in [0.717, 1.165) is 15.4 Å². The predicted molar refractivity (Wildman–Crippen MR) is 58.9 cm³/mol. The number of pyridine rings is 1. The average molecular weight is 258 g/mol. The lowest BCUT2D eigenvalue weighted by Crippen LogP contribution is -1.90. The van der Waals surface area contributed by atoms with Gasteiger partial charge >= 0.3 is 0 Å². The smallest absolute Gasteiger partial charge is 0.0909 e. The first-order valence-electron chi connectivity index (χ1n) is 3.68. The van der Waals surface area contributed by atoms with Crippen LogP contribution < -0.4 is 5.73 Å². The monoisotopic (exact) mass is 256 g/mol. The summed E-state index contributed by atoms with van der Waals surface area (Å²) in [5, 5.41) is 1.48. The minimum atomic E-state index is 0.505. The standard InChI is InChI=1S/C9H6BrClN2/c10-6-4-5-2-1-3-13-9(5)7(11)8(6)12/h1-4H,12H2. The SMILES string of the molecule is Nc1c(Br)cc2cccnc2c1Cl. The molecule has 0 fully saturated rings. The molecular weight excluding hydrogens is 251 g/mol. The number of aromatic nitrogens is 1. The number of benzene rings is 1. The summed E-state index contributed by atoms with van der Waals surface area (Å²) in [6.07, 6.45) is 1.70. The van der Waals surface area contributed by atoms with E-state index in [2.05, 4.69) is 20.9 Å². The van der Waals surface area contributed by atoms with Gasteiger partial charge < -0.3 is 5.73 Å². The third-order valence-electron chi connectivity index (χ3n) is 1.82. The molecule has 0 radical (unpaired) electrons. The minimum absolute atomic E-state index is 0.505. The topological polar surface area (TPSA) is 38.9 Å². The molecule has 0 aliphatic rings. The van der Waals surface area contributed by atoms with E-state index in [1.807, 2.05) is 18.2 Å². The number of fused-ring (bicyclic) bond motifs is 1. The summed E-state index contributed by atoms with van der Waals surface area (Å²) in [6, 6.07) is 5.71. The van der Waals surface area contributed by atoms with Crippen LogP contribution in [0.25, 0.3) is 10.9 Å². The molecule has 0 aliphatic carbocycles. The Morgan fingerprint density at radius 2 is 2.23 bits per heavy atom. The second-order valence-corrected chi connectivity index (χ2v) is 3.89. The number of nitrogens with zero attached hydrogens (tertiary/aromatic N) is 1. The van der Waals surface area contributed by atoms with Crippen molar-refractivity contribution >= 4 is 44.1 Å². The first-order valence-corrected chi connectivity index (χ1v) is 4.85. The van der Waals surface area contributed by atoms with Crippen molar-refractivity contribution in [2.75, 3.05) is 5.73 Å². The highest BCUT2D eigenvalue weighted by Gasteiger charge is 2.07. The van der Waals surface area contributed by atoms with Crippen molar-refractivity contribution < 1.29 is 0 Å². The van der Waals surface area contributed by atoms with Crippen LogP contribution in [0.5, 0.6) is 0 Å². The summed E-state index contributed by atoms with van der Waals surface area (Å²) in [4.78, 5) is 4.15. The van der Waals surface area contributed by atoms with Gasteiger partial charge in [-0.15, -0.1) is 0 Å². The lowest BCUT2D eigenvalue weighted by Gasteiger charge is -2.04. The van der Waals surface area contributed by atoms with Gasteiger partial charge in [-0.25, -0.2) is 0 Å². The fraction of sp³-hybridized carbons (Fsp3) is 0. The number of rotatable bonds is 0. The van der Waals surface area contributed by atoms with Crippen LogP contribution in [0, 0.1) is 0 Å². The van der Waals surface area contributed by atoms with Crippen molar-refractivity contribution in [1.29, 1.82) is 0 Å². The summed E-state index contributed by atoms with van der Waals surface area (Å²) in [7, 11) is 0. The molecule has 0 saturated carbocycles. The van der Waals surface area contributed by atoms with E-state index >= 15 is 0 Å². The molecule has 0 atom stereocenters. The Morgan fingerprint density at radius 3 is 3.00 bits per heavy atom. The van der Waals surface area contributed by atoms with Crippen LogP contribution in [0.1, 0.15) is 0 Å². The molecule has 13 heavy (non-hydrogen) atoms. The number of nitrogen functional groups attached to an aromatic ring is 1. The van der Waals surface area contributed by atoms with E-state index < -0.39 is 0 Å². The fourth-order valence-electron chi connectivity index (χ4n) is 1.16. The van der Waals surface area contributed by atoms with Gasteiger partial charge in [0.05, 0.1) is 16.2 Å². The van der Waals surface area contributed by atoms with Crippen molar-refractivity contribution in [3.8, 4) is 0 Å². The van der Waals surface area contributed by atoms with Gasteiger partial charge in [-0.1, -0.05) is 17.7 Å².